The van der Waals surface area contributed by atoms with Crippen molar-refractivity contribution in [3.8, 4) is 0 Å². The van der Waals surface area contributed by atoms with Crippen molar-refractivity contribution in [1.29, 1.82) is 0 Å². The third-order valence-corrected chi connectivity index (χ3v) is 4.99. The fourth-order valence-corrected chi connectivity index (χ4v) is 3.22. The van der Waals surface area contributed by atoms with E-state index in [9.17, 15) is 14.4 Å². The van der Waals surface area contributed by atoms with Gasteiger partial charge in [-0.05, 0) is 43.7 Å². The van der Waals surface area contributed by atoms with Gasteiger partial charge < -0.3 is 15.4 Å². The molecule has 7 heteroatoms. The number of thiophene rings is 1. The molecule has 0 fully saturated rings. The summed E-state index contributed by atoms with van der Waals surface area (Å²) in [7, 11) is 0. The quantitative estimate of drug-likeness (QED) is 0.691. The molecule has 0 saturated heterocycles. The summed E-state index contributed by atoms with van der Waals surface area (Å²) < 4.78 is 5.06. The number of hydrogen-bond donors (Lipinski definition) is 2. The molecule has 0 aliphatic rings. The molecule has 1 aromatic heterocycles. The van der Waals surface area contributed by atoms with Crippen molar-refractivity contribution in [3.05, 3.63) is 46.3 Å². The lowest BCUT2D eigenvalue weighted by Crippen LogP contribution is -2.18. The van der Waals surface area contributed by atoms with Crippen LogP contribution in [0.3, 0.4) is 0 Å². The van der Waals surface area contributed by atoms with E-state index < -0.39 is 5.97 Å². The highest BCUT2D eigenvalue weighted by molar-refractivity contribution is 7.16. The van der Waals surface area contributed by atoms with Crippen LogP contribution in [0.2, 0.25) is 0 Å². The molecule has 2 N–H and O–H groups in total. The van der Waals surface area contributed by atoms with E-state index in [1.54, 1.807) is 37.3 Å². The van der Waals surface area contributed by atoms with Crippen LogP contribution in [0.25, 0.3) is 0 Å². The summed E-state index contributed by atoms with van der Waals surface area (Å²) in [5.41, 5.74) is 1.42. The van der Waals surface area contributed by atoms with Gasteiger partial charge in [-0.15, -0.1) is 11.3 Å². The van der Waals surface area contributed by atoms with Crippen LogP contribution in [-0.2, 0) is 16.0 Å². The molecule has 2 amide bonds. The van der Waals surface area contributed by atoms with Crippen molar-refractivity contribution in [2.45, 2.75) is 34.1 Å². The van der Waals surface area contributed by atoms with E-state index in [1.165, 1.54) is 11.3 Å². The average molecular weight is 388 g/mol. The fraction of sp³-hybridized carbons (Fsp3) is 0.350. The number of hydrogen-bond acceptors (Lipinski definition) is 5. The van der Waals surface area contributed by atoms with Gasteiger partial charge in [-0.2, -0.15) is 0 Å². The number of aryl methyl sites for hydroxylation is 1. The molecule has 2 rings (SSSR count). The van der Waals surface area contributed by atoms with E-state index in [0.717, 1.165) is 11.3 Å². The van der Waals surface area contributed by atoms with Gasteiger partial charge in [-0.3, -0.25) is 9.59 Å². The van der Waals surface area contributed by atoms with Gasteiger partial charge in [0.15, 0.2) is 0 Å². The normalized spacial score (nSPS) is 10.6. The van der Waals surface area contributed by atoms with Crippen LogP contribution < -0.4 is 10.6 Å². The predicted octanol–water partition coefficient (Wildman–Crippen LogP) is 4.33. The zero-order chi connectivity index (χ0) is 20.0. The summed E-state index contributed by atoms with van der Waals surface area (Å²) in [5.74, 6) is -0.986. The molecule has 2 aromatic rings. The summed E-state index contributed by atoms with van der Waals surface area (Å²) in [4.78, 5) is 37.4. The smallest absolute Gasteiger partial charge is 0.341 e. The maximum atomic E-state index is 12.5. The first-order chi connectivity index (χ1) is 12.8. The van der Waals surface area contributed by atoms with Crippen molar-refractivity contribution in [2.75, 3.05) is 17.2 Å². The number of ether oxygens (including phenoxy) is 1. The Balaban J connectivity index is 2.14. The van der Waals surface area contributed by atoms with Crippen molar-refractivity contribution in [1.82, 2.24) is 0 Å². The molecule has 0 saturated carbocycles. The lowest BCUT2D eigenvalue weighted by Gasteiger charge is -2.09. The minimum Gasteiger partial charge on any atom is -0.462 e. The van der Waals surface area contributed by atoms with Gasteiger partial charge in [-0.25, -0.2) is 4.79 Å². The Kier molecular flexibility index (Phi) is 7.12. The van der Waals surface area contributed by atoms with Crippen LogP contribution in [0.4, 0.5) is 10.7 Å². The lowest BCUT2D eigenvalue weighted by atomic mass is 10.1. The summed E-state index contributed by atoms with van der Waals surface area (Å²) in [6, 6.07) is 8.36. The number of esters is 1. The number of carbonyl (C=O) groups excluding carboxylic acids is 3. The van der Waals surface area contributed by atoms with Gasteiger partial charge >= 0.3 is 5.97 Å². The molecule has 6 nitrogen and oxygen atoms in total. The Labute approximate surface area is 162 Å². The standard InChI is InChI=1S/C20H24N2O4S/c1-5-15-11-16(20(25)26-6-2)19(27-15)22-18(24)13-7-9-14(10-8-13)21-17(23)12(3)4/h7-12H,5-6H2,1-4H3,(H,21,23)(H,22,24). The van der Waals surface area contributed by atoms with Gasteiger partial charge in [0, 0.05) is 22.0 Å². The Morgan fingerprint density at radius 2 is 1.74 bits per heavy atom. The van der Waals surface area contributed by atoms with Crippen LogP contribution in [0, 0.1) is 5.92 Å². The van der Waals surface area contributed by atoms with Gasteiger partial charge in [-0.1, -0.05) is 20.8 Å². The first kappa shape index (κ1) is 20.6. The van der Waals surface area contributed by atoms with Gasteiger partial charge in [0.2, 0.25) is 5.91 Å². The molecule has 0 aliphatic heterocycles. The van der Waals surface area contributed by atoms with Crippen molar-refractivity contribution < 1.29 is 19.1 Å². The monoisotopic (exact) mass is 388 g/mol. The Morgan fingerprint density at radius 3 is 2.30 bits per heavy atom. The molecule has 1 heterocycles. The van der Waals surface area contributed by atoms with E-state index in [2.05, 4.69) is 10.6 Å². The third kappa shape index (κ3) is 5.40. The lowest BCUT2D eigenvalue weighted by molar-refractivity contribution is -0.118. The van der Waals surface area contributed by atoms with Gasteiger partial charge in [0.1, 0.15) is 5.00 Å². The second kappa shape index (κ2) is 9.32. The van der Waals surface area contributed by atoms with E-state index in [1.807, 2.05) is 20.8 Å². The van der Waals surface area contributed by atoms with E-state index >= 15 is 0 Å². The van der Waals surface area contributed by atoms with E-state index in [0.29, 0.717) is 21.8 Å². The highest BCUT2D eigenvalue weighted by Gasteiger charge is 2.19. The molecule has 0 atom stereocenters. The Morgan fingerprint density at radius 1 is 1.07 bits per heavy atom. The predicted molar refractivity (Wildman–Crippen MR) is 108 cm³/mol. The van der Waals surface area contributed by atoms with Crippen molar-refractivity contribution >= 4 is 39.8 Å². The zero-order valence-corrected chi connectivity index (χ0v) is 16.7. The Hall–Kier alpha value is -2.67. The third-order valence-electron chi connectivity index (χ3n) is 3.79. The molecule has 0 spiro atoms. The molecule has 27 heavy (non-hydrogen) atoms. The van der Waals surface area contributed by atoms with Crippen LogP contribution in [0.1, 0.15) is 53.3 Å². The summed E-state index contributed by atoms with van der Waals surface area (Å²) in [5, 5.41) is 6.05. The van der Waals surface area contributed by atoms with Crippen LogP contribution >= 0.6 is 11.3 Å². The summed E-state index contributed by atoms with van der Waals surface area (Å²) in [6.45, 7) is 7.61. The topological polar surface area (TPSA) is 84.5 Å². The first-order valence-corrected chi connectivity index (χ1v) is 9.69. The van der Waals surface area contributed by atoms with Gasteiger partial charge in [0.05, 0.1) is 12.2 Å². The molecule has 0 unspecified atom stereocenters. The highest BCUT2D eigenvalue weighted by atomic mass is 32.1. The van der Waals surface area contributed by atoms with Crippen molar-refractivity contribution in [2.24, 2.45) is 5.92 Å². The zero-order valence-electron chi connectivity index (χ0n) is 15.9. The molecule has 0 radical (unpaired) electrons. The second-order valence-corrected chi connectivity index (χ2v) is 7.34. The minimum absolute atomic E-state index is 0.0861. The molecular formula is C20H24N2O4S. The maximum absolute atomic E-state index is 12.5. The number of rotatable bonds is 7. The van der Waals surface area contributed by atoms with Crippen LogP contribution in [0.15, 0.2) is 30.3 Å². The Bertz CT molecular complexity index is 825. The molecule has 0 bridgehead atoms. The number of carbonyl (C=O) groups is 3. The number of benzene rings is 1. The van der Waals surface area contributed by atoms with Crippen LogP contribution in [0.5, 0.6) is 0 Å². The van der Waals surface area contributed by atoms with Gasteiger partial charge in [0.25, 0.3) is 5.91 Å². The maximum Gasteiger partial charge on any atom is 0.341 e. The second-order valence-electron chi connectivity index (χ2n) is 6.20. The van der Waals surface area contributed by atoms with Crippen molar-refractivity contribution in [3.63, 3.8) is 0 Å². The van der Waals surface area contributed by atoms with E-state index in [4.69, 9.17) is 4.74 Å². The molecule has 144 valence electrons. The first-order valence-electron chi connectivity index (χ1n) is 8.87. The number of nitrogens with one attached hydrogen (secondary N) is 2. The minimum atomic E-state index is -0.449. The fourth-order valence-electron chi connectivity index (χ4n) is 2.24. The number of amides is 2. The summed E-state index contributed by atoms with van der Waals surface area (Å²) in [6.07, 6.45) is 0.761. The number of anilines is 2. The van der Waals surface area contributed by atoms with Crippen LogP contribution in [-0.4, -0.2) is 24.4 Å². The average Bonchev–Trinajstić information content (AvgIpc) is 3.05. The largest absolute Gasteiger partial charge is 0.462 e. The highest BCUT2D eigenvalue weighted by Crippen LogP contribution is 2.30. The molecule has 0 aliphatic carbocycles. The SMILES string of the molecule is CCOC(=O)c1cc(CC)sc1NC(=O)c1ccc(NC(=O)C(C)C)cc1. The summed E-state index contributed by atoms with van der Waals surface area (Å²) >= 11 is 1.36. The molecular weight excluding hydrogens is 364 g/mol. The van der Waals surface area contributed by atoms with E-state index in [-0.39, 0.29) is 24.3 Å². The molecule has 1 aromatic carbocycles.